The van der Waals surface area contributed by atoms with Gasteiger partial charge >= 0.3 is 0 Å². The van der Waals surface area contributed by atoms with Crippen LogP contribution >= 0.6 is 0 Å². The summed E-state index contributed by atoms with van der Waals surface area (Å²) in [5.41, 5.74) is 2.71. The summed E-state index contributed by atoms with van der Waals surface area (Å²) in [5.74, 6) is 0.558. The predicted octanol–water partition coefficient (Wildman–Crippen LogP) is 0.930. The van der Waals surface area contributed by atoms with Gasteiger partial charge in [0, 0.05) is 37.1 Å². The van der Waals surface area contributed by atoms with Crippen LogP contribution in [0.5, 0.6) is 0 Å². The summed E-state index contributed by atoms with van der Waals surface area (Å²) in [6.07, 6.45) is -0.0103. The SMILES string of the molecule is Cc1cc(C[C@@H]2CN(C(=O)c3ccc4n[nH]nc4c3)C[C@@H]2O)on1. The third-order valence-electron chi connectivity index (χ3n) is 4.40. The molecule has 24 heavy (non-hydrogen) atoms. The van der Waals surface area contributed by atoms with Gasteiger partial charge in [-0.1, -0.05) is 5.16 Å². The van der Waals surface area contributed by atoms with Crippen molar-refractivity contribution in [2.75, 3.05) is 13.1 Å². The van der Waals surface area contributed by atoms with Crippen molar-refractivity contribution in [2.24, 2.45) is 5.92 Å². The van der Waals surface area contributed by atoms with Crippen molar-refractivity contribution in [3.05, 3.63) is 41.3 Å². The van der Waals surface area contributed by atoms with E-state index < -0.39 is 6.10 Å². The molecule has 8 nitrogen and oxygen atoms in total. The van der Waals surface area contributed by atoms with E-state index in [1.54, 1.807) is 23.1 Å². The van der Waals surface area contributed by atoms with Gasteiger partial charge in [-0.3, -0.25) is 4.79 Å². The van der Waals surface area contributed by atoms with E-state index in [-0.39, 0.29) is 11.8 Å². The largest absolute Gasteiger partial charge is 0.391 e. The molecule has 0 spiro atoms. The molecule has 0 unspecified atom stereocenters. The van der Waals surface area contributed by atoms with E-state index in [1.165, 1.54) is 0 Å². The molecule has 1 aromatic carbocycles. The molecule has 1 amide bonds. The molecule has 2 N–H and O–H groups in total. The van der Waals surface area contributed by atoms with Gasteiger partial charge in [0.15, 0.2) is 0 Å². The van der Waals surface area contributed by atoms with E-state index in [9.17, 15) is 9.90 Å². The second-order valence-electron chi connectivity index (χ2n) is 6.20. The number of aromatic nitrogens is 4. The molecule has 4 rings (SSSR count). The number of amides is 1. The summed E-state index contributed by atoms with van der Waals surface area (Å²) < 4.78 is 5.21. The number of benzene rings is 1. The molecule has 3 aromatic rings. The van der Waals surface area contributed by atoms with Crippen LogP contribution in [0.25, 0.3) is 11.0 Å². The molecule has 124 valence electrons. The van der Waals surface area contributed by atoms with E-state index in [1.807, 2.05) is 13.0 Å². The highest BCUT2D eigenvalue weighted by Crippen LogP contribution is 2.24. The lowest BCUT2D eigenvalue weighted by Gasteiger charge is -2.15. The molecule has 2 atom stereocenters. The van der Waals surface area contributed by atoms with E-state index in [4.69, 9.17) is 4.52 Å². The fourth-order valence-corrected chi connectivity index (χ4v) is 3.15. The van der Waals surface area contributed by atoms with Crippen LogP contribution in [0.2, 0.25) is 0 Å². The number of carbonyl (C=O) groups is 1. The number of H-pyrrole nitrogens is 1. The number of hydrogen-bond donors (Lipinski definition) is 2. The summed E-state index contributed by atoms with van der Waals surface area (Å²) in [7, 11) is 0. The second kappa shape index (κ2) is 5.72. The fourth-order valence-electron chi connectivity index (χ4n) is 3.15. The van der Waals surface area contributed by atoms with Crippen LogP contribution in [0.1, 0.15) is 21.8 Å². The van der Waals surface area contributed by atoms with Gasteiger partial charge in [-0.05, 0) is 25.1 Å². The first-order valence-corrected chi connectivity index (χ1v) is 7.80. The average molecular weight is 327 g/mol. The van der Waals surface area contributed by atoms with Gasteiger partial charge in [0.05, 0.1) is 11.8 Å². The number of hydrogen-bond acceptors (Lipinski definition) is 6. The highest BCUT2D eigenvalue weighted by molar-refractivity contribution is 5.97. The molecule has 8 heteroatoms. The third kappa shape index (κ3) is 2.65. The zero-order valence-electron chi connectivity index (χ0n) is 13.1. The third-order valence-corrected chi connectivity index (χ3v) is 4.40. The van der Waals surface area contributed by atoms with Crippen molar-refractivity contribution in [3.63, 3.8) is 0 Å². The van der Waals surface area contributed by atoms with Crippen LogP contribution in [0.4, 0.5) is 0 Å². The van der Waals surface area contributed by atoms with Gasteiger partial charge in [0.25, 0.3) is 5.91 Å². The number of aryl methyl sites for hydroxylation is 1. The van der Waals surface area contributed by atoms with Crippen LogP contribution in [-0.2, 0) is 6.42 Å². The Morgan fingerprint density at radius 2 is 2.17 bits per heavy atom. The van der Waals surface area contributed by atoms with E-state index >= 15 is 0 Å². The Morgan fingerprint density at radius 1 is 1.33 bits per heavy atom. The number of nitrogens with zero attached hydrogens (tertiary/aromatic N) is 4. The Morgan fingerprint density at radius 3 is 2.96 bits per heavy atom. The van der Waals surface area contributed by atoms with Crippen molar-refractivity contribution in [1.82, 2.24) is 25.5 Å². The Labute approximate surface area is 137 Å². The number of rotatable bonds is 3. The Kier molecular flexibility index (Phi) is 3.53. The maximum absolute atomic E-state index is 12.7. The summed E-state index contributed by atoms with van der Waals surface area (Å²) in [4.78, 5) is 14.3. The summed E-state index contributed by atoms with van der Waals surface area (Å²) in [5, 5.41) is 24.6. The smallest absolute Gasteiger partial charge is 0.254 e. The number of likely N-dealkylation sites (tertiary alicyclic amines) is 1. The minimum atomic E-state index is -0.574. The van der Waals surface area contributed by atoms with Crippen molar-refractivity contribution < 1.29 is 14.4 Å². The van der Waals surface area contributed by atoms with Crippen LogP contribution in [0.15, 0.2) is 28.8 Å². The predicted molar refractivity (Wildman–Crippen MR) is 84.2 cm³/mol. The van der Waals surface area contributed by atoms with Crippen LogP contribution in [0, 0.1) is 12.8 Å². The molecule has 0 bridgehead atoms. The number of fused-ring (bicyclic) bond motifs is 1. The molecule has 3 heterocycles. The van der Waals surface area contributed by atoms with Crippen molar-refractivity contribution in [2.45, 2.75) is 19.4 Å². The monoisotopic (exact) mass is 327 g/mol. The standard InChI is InChI=1S/C16H17N5O3/c1-9-4-12(24-19-9)5-11-7-21(8-15(11)22)16(23)10-2-3-13-14(6-10)18-20-17-13/h2-4,6,11,15,22H,5,7-8H2,1H3,(H,17,18,20)/t11-,15+/m1/s1. The van der Waals surface area contributed by atoms with E-state index in [2.05, 4.69) is 20.6 Å². The number of aromatic amines is 1. The van der Waals surface area contributed by atoms with Crippen molar-refractivity contribution in [3.8, 4) is 0 Å². The molecule has 0 radical (unpaired) electrons. The number of aliphatic hydroxyl groups is 1. The highest BCUT2D eigenvalue weighted by atomic mass is 16.5. The quantitative estimate of drug-likeness (QED) is 0.741. The van der Waals surface area contributed by atoms with Gasteiger partial charge in [0.2, 0.25) is 0 Å². The lowest BCUT2D eigenvalue weighted by molar-refractivity contribution is 0.0764. The number of carbonyl (C=O) groups excluding carboxylic acids is 1. The second-order valence-corrected chi connectivity index (χ2v) is 6.20. The van der Waals surface area contributed by atoms with E-state index in [0.29, 0.717) is 36.1 Å². The van der Waals surface area contributed by atoms with Crippen LogP contribution in [-0.4, -0.2) is 55.7 Å². The van der Waals surface area contributed by atoms with Gasteiger partial charge < -0.3 is 14.5 Å². The van der Waals surface area contributed by atoms with Crippen molar-refractivity contribution >= 4 is 16.9 Å². The summed E-state index contributed by atoms with van der Waals surface area (Å²) in [6, 6.07) is 7.05. The molecule has 1 aliphatic heterocycles. The molecule has 0 aliphatic carbocycles. The zero-order chi connectivity index (χ0) is 16.7. The first-order valence-electron chi connectivity index (χ1n) is 7.80. The fraction of sp³-hybridized carbons (Fsp3) is 0.375. The highest BCUT2D eigenvalue weighted by Gasteiger charge is 2.35. The maximum Gasteiger partial charge on any atom is 0.254 e. The first kappa shape index (κ1) is 14.8. The van der Waals surface area contributed by atoms with Crippen LogP contribution < -0.4 is 0 Å². The van der Waals surface area contributed by atoms with Gasteiger partial charge in [-0.25, -0.2) is 0 Å². The number of aliphatic hydroxyl groups excluding tert-OH is 1. The Hall–Kier alpha value is -2.74. The van der Waals surface area contributed by atoms with E-state index in [0.717, 1.165) is 11.5 Å². The minimum Gasteiger partial charge on any atom is -0.391 e. The topological polar surface area (TPSA) is 108 Å². The maximum atomic E-state index is 12.7. The molecule has 2 aromatic heterocycles. The van der Waals surface area contributed by atoms with Crippen LogP contribution in [0.3, 0.4) is 0 Å². The molecule has 0 saturated carbocycles. The molecule has 1 saturated heterocycles. The summed E-state index contributed by atoms with van der Waals surface area (Å²) in [6.45, 7) is 2.65. The molecular weight excluding hydrogens is 310 g/mol. The van der Waals surface area contributed by atoms with Gasteiger partial charge in [0.1, 0.15) is 16.8 Å². The summed E-state index contributed by atoms with van der Waals surface area (Å²) >= 11 is 0. The lowest BCUT2D eigenvalue weighted by Crippen LogP contribution is -2.29. The first-order chi connectivity index (χ1) is 11.6. The minimum absolute atomic E-state index is 0.0583. The molecule has 1 aliphatic rings. The normalized spacial score (nSPS) is 20.8. The average Bonchev–Trinajstić information content (AvgIpc) is 3.27. The number of β-amino-alcohol motifs (C(OH)–C–C–N with tert-alkyl or cyclic N) is 1. The number of nitrogens with one attached hydrogen (secondary N) is 1. The zero-order valence-corrected chi connectivity index (χ0v) is 13.1. The molecule has 1 fully saturated rings. The van der Waals surface area contributed by atoms with Crippen molar-refractivity contribution in [1.29, 1.82) is 0 Å². The Balaban J connectivity index is 1.49. The lowest BCUT2D eigenvalue weighted by atomic mass is 10.0. The van der Waals surface area contributed by atoms with Gasteiger partial charge in [-0.2, -0.15) is 15.4 Å². The molecular formula is C16H17N5O3. The van der Waals surface area contributed by atoms with Gasteiger partial charge in [-0.15, -0.1) is 0 Å². The Bertz CT molecular complexity index is 887.